The third-order valence-corrected chi connectivity index (χ3v) is 3.01. The molecule has 2 atom stereocenters. The molecular weight excluding hydrogens is 172 g/mol. The first-order chi connectivity index (χ1) is 6.77. The molecule has 1 heterocycles. The van der Waals surface area contributed by atoms with Gasteiger partial charge in [0.25, 0.3) is 0 Å². The number of hydrogen-bond donors (Lipinski definition) is 2. The molecule has 0 amide bonds. The van der Waals surface area contributed by atoms with Gasteiger partial charge in [0.15, 0.2) is 0 Å². The van der Waals surface area contributed by atoms with Crippen LogP contribution in [-0.4, -0.2) is 12.6 Å². The van der Waals surface area contributed by atoms with E-state index in [-0.39, 0.29) is 0 Å². The Labute approximate surface area is 85.5 Å². The molecule has 0 unspecified atom stereocenters. The van der Waals surface area contributed by atoms with Gasteiger partial charge in [-0.15, -0.1) is 0 Å². The van der Waals surface area contributed by atoms with Gasteiger partial charge in [-0.25, -0.2) is 0 Å². The number of piperidine rings is 1. The van der Waals surface area contributed by atoms with Crippen molar-refractivity contribution in [1.82, 2.24) is 5.32 Å². The summed E-state index contributed by atoms with van der Waals surface area (Å²) in [6.07, 6.45) is 2.16. The average Bonchev–Trinajstić information content (AvgIpc) is 2.18. The lowest BCUT2D eigenvalue weighted by molar-refractivity contribution is 0.368. The number of nitrogens with two attached hydrogens (primary N) is 1. The molecule has 14 heavy (non-hydrogen) atoms. The number of rotatable bonds is 1. The SMILES string of the molecule is Cc1ccccc1[C@@H]1C[C@H](N)CCN1. The predicted molar refractivity (Wildman–Crippen MR) is 59.1 cm³/mol. The summed E-state index contributed by atoms with van der Waals surface area (Å²) in [5.41, 5.74) is 8.74. The highest BCUT2D eigenvalue weighted by Gasteiger charge is 2.20. The summed E-state index contributed by atoms with van der Waals surface area (Å²) in [6.45, 7) is 3.21. The Morgan fingerprint density at radius 1 is 1.36 bits per heavy atom. The molecule has 0 saturated carbocycles. The van der Waals surface area contributed by atoms with Crippen molar-refractivity contribution < 1.29 is 0 Å². The molecule has 1 fully saturated rings. The van der Waals surface area contributed by atoms with Crippen molar-refractivity contribution in [2.45, 2.75) is 31.8 Å². The molecule has 1 aromatic rings. The van der Waals surface area contributed by atoms with E-state index in [1.165, 1.54) is 11.1 Å². The highest BCUT2D eigenvalue weighted by Crippen LogP contribution is 2.24. The van der Waals surface area contributed by atoms with Crippen molar-refractivity contribution in [3.63, 3.8) is 0 Å². The minimum Gasteiger partial charge on any atom is -0.328 e. The molecule has 0 aliphatic carbocycles. The van der Waals surface area contributed by atoms with Crippen molar-refractivity contribution >= 4 is 0 Å². The van der Waals surface area contributed by atoms with E-state index in [9.17, 15) is 0 Å². The van der Waals surface area contributed by atoms with Crippen molar-refractivity contribution in [3.05, 3.63) is 35.4 Å². The van der Waals surface area contributed by atoms with Gasteiger partial charge >= 0.3 is 0 Å². The highest BCUT2D eigenvalue weighted by molar-refractivity contribution is 5.29. The Balaban J connectivity index is 2.18. The van der Waals surface area contributed by atoms with E-state index in [0.717, 1.165) is 19.4 Å². The minimum absolute atomic E-state index is 0.362. The molecule has 76 valence electrons. The zero-order valence-electron chi connectivity index (χ0n) is 8.66. The first-order valence-electron chi connectivity index (χ1n) is 5.32. The van der Waals surface area contributed by atoms with Gasteiger partial charge in [-0.05, 0) is 37.4 Å². The van der Waals surface area contributed by atoms with E-state index in [1.807, 2.05) is 0 Å². The van der Waals surface area contributed by atoms with Crippen LogP contribution in [0.4, 0.5) is 0 Å². The van der Waals surface area contributed by atoms with Gasteiger partial charge in [0.1, 0.15) is 0 Å². The van der Waals surface area contributed by atoms with E-state index >= 15 is 0 Å². The van der Waals surface area contributed by atoms with Crippen LogP contribution in [0.2, 0.25) is 0 Å². The van der Waals surface area contributed by atoms with Gasteiger partial charge in [-0.3, -0.25) is 0 Å². The van der Waals surface area contributed by atoms with Crippen LogP contribution in [0, 0.1) is 6.92 Å². The zero-order valence-corrected chi connectivity index (χ0v) is 8.66. The maximum atomic E-state index is 5.97. The molecule has 1 aliphatic heterocycles. The Hall–Kier alpha value is -0.860. The Kier molecular flexibility index (Phi) is 2.85. The van der Waals surface area contributed by atoms with E-state index in [4.69, 9.17) is 5.73 Å². The smallest absolute Gasteiger partial charge is 0.0337 e. The summed E-state index contributed by atoms with van der Waals surface area (Å²) in [7, 11) is 0. The maximum absolute atomic E-state index is 5.97. The molecule has 1 aliphatic rings. The molecule has 3 N–H and O–H groups in total. The van der Waals surface area contributed by atoms with E-state index in [1.54, 1.807) is 0 Å². The number of hydrogen-bond acceptors (Lipinski definition) is 2. The van der Waals surface area contributed by atoms with Crippen LogP contribution in [0.25, 0.3) is 0 Å². The van der Waals surface area contributed by atoms with Gasteiger partial charge < -0.3 is 11.1 Å². The van der Waals surface area contributed by atoms with E-state index < -0.39 is 0 Å². The Morgan fingerprint density at radius 2 is 2.14 bits per heavy atom. The summed E-state index contributed by atoms with van der Waals surface area (Å²) in [5, 5.41) is 3.53. The summed E-state index contributed by atoms with van der Waals surface area (Å²) in [5.74, 6) is 0. The van der Waals surface area contributed by atoms with Crippen LogP contribution >= 0.6 is 0 Å². The molecule has 1 aromatic carbocycles. The van der Waals surface area contributed by atoms with E-state index in [0.29, 0.717) is 12.1 Å². The minimum atomic E-state index is 0.362. The fraction of sp³-hybridized carbons (Fsp3) is 0.500. The van der Waals surface area contributed by atoms with Crippen LogP contribution in [0.15, 0.2) is 24.3 Å². The number of aryl methyl sites for hydroxylation is 1. The van der Waals surface area contributed by atoms with Gasteiger partial charge in [0.05, 0.1) is 0 Å². The van der Waals surface area contributed by atoms with Gasteiger partial charge in [0.2, 0.25) is 0 Å². The molecule has 2 heteroatoms. The molecule has 0 bridgehead atoms. The lowest BCUT2D eigenvalue weighted by Gasteiger charge is -2.29. The number of benzene rings is 1. The Morgan fingerprint density at radius 3 is 2.86 bits per heavy atom. The lowest BCUT2D eigenvalue weighted by Crippen LogP contribution is -2.38. The molecule has 1 saturated heterocycles. The van der Waals surface area contributed by atoms with Crippen LogP contribution < -0.4 is 11.1 Å². The average molecular weight is 190 g/mol. The van der Waals surface area contributed by atoms with Crippen LogP contribution in [0.5, 0.6) is 0 Å². The predicted octanol–water partition coefficient (Wildman–Crippen LogP) is 1.75. The molecule has 0 spiro atoms. The molecule has 2 nitrogen and oxygen atoms in total. The Bertz CT molecular complexity index is 309. The summed E-state index contributed by atoms with van der Waals surface area (Å²) in [6, 6.07) is 9.37. The third kappa shape index (κ3) is 1.97. The molecule has 0 aromatic heterocycles. The summed E-state index contributed by atoms with van der Waals surface area (Å²) in [4.78, 5) is 0. The normalized spacial score (nSPS) is 27.6. The maximum Gasteiger partial charge on any atom is 0.0337 e. The molecular formula is C12H18N2. The van der Waals surface area contributed by atoms with Gasteiger partial charge in [-0.1, -0.05) is 24.3 Å². The zero-order chi connectivity index (χ0) is 9.97. The fourth-order valence-electron chi connectivity index (χ4n) is 2.16. The number of nitrogens with one attached hydrogen (secondary N) is 1. The topological polar surface area (TPSA) is 38.0 Å². The fourth-order valence-corrected chi connectivity index (χ4v) is 2.16. The van der Waals surface area contributed by atoms with Crippen LogP contribution in [0.3, 0.4) is 0 Å². The van der Waals surface area contributed by atoms with Gasteiger partial charge in [-0.2, -0.15) is 0 Å². The van der Waals surface area contributed by atoms with Crippen LogP contribution in [0.1, 0.15) is 30.0 Å². The van der Waals surface area contributed by atoms with Crippen molar-refractivity contribution in [3.8, 4) is 0 Å². The summed E-state index contributed by atoms with van der Waals surface area (Å²) >= 11 is 0. The molecule has 0 radical (unpaired) electrons. The van der Waals surface area contributed by atoms with E-state index in [2.05, 4.69) is 36.5 Å². The second-order valence-corrected chi connectivity index (χ2v) is 4.15. The largest absolute Gasteiger partial charge is 0.328 e. The first kappa shape index (κ1) is 9.69. The monoisotopic (exact) mass is 190 g/mol. The standard InChI is InChI=1S/C12H18N2/c1-9-4-2-3-5-11(9)12-8-10(13)6-7-14-12/h2-5,10,12,14H,6-8,13H2,1H3/t10-,12+/m1/s1. The second-order valence-electron chi connectivity index (χ2n) is 4.15. The first-order valence-corrected chi connectivity index (χ1v) is 5.32. The third-order valence-electron chi connectivity index (χ3n) is 3.01. The second kappa shape index (κ2) is 4.11. The van der Waals surface area contributed by atoms with Crippen molar-refractivity contribution in [1.29, 1.82) is 0 Å². The van der Waals surface area contributed by atoms with Crippen molar-refractivity contribution in [2.24, 2.45) is 5.73 Å². The lowest BCUT2D eigenvalue weighted by atomic mass is 9.92. The summed E-state index contributed by atoms with van der Waals surface area (Å²) < 4.78 is 0. The molecule has 2 rings (SSSR count). The quantitative estimate of drug-likeness (QED) is 0.708. The highest BCUT2D eigenvalue weighted by atomic mass is 14.9. The van der Waals surface area contributed by atoms with Crippen molar-refractivity contribution in [2.75, 3.05) is 6.54 Å². The van der Waals surface area contributed by atoms with Crippen LogP contribution in [-0.2, 0) is 0 Å². The van der Waals surface area contributed by atoms with Gasteiger partial charge in [0, 0.05) is 12.1 Å².